The van der Waals surface area contributed by atoms with Crippen LogP contribution in [0.2, 0.25) is 0 Å². The number of hydrogen-bond donors (Lipinski definition) is 0. The first kappa shape index (κ1) is 23.9. The summed E-state index contributed by atoms with van der Waals surface area (Å²) in [6, 6.07) is 0. The van der Waals surface area contributed by atoms with E-state index in [0.717, 1.165) is 38.5 Å². The van der Waals surface area contributed by atoms with Gasteiger partial charge in [0.1, 0.15) is 6.10 Å². The zero-order valence-electron chi connectivity index (χ0n) is 16.8. The van der Waals surface area contributed by atoms with Crippen molar-refractivity contribution in [2.45, 2.75) is 116 Å². The van der Waals surface area contributed by atoms with Gasteiger partial charge in [0.2, 0.25) is 0 Å². The van der Waals surface area contributed by atoms with Crippen LogP contribution in [0, 0.1) is 0 Å². The van der Waals surface area contributed by atoms with Gasteiger partial charge in [-0.05, 0) is 32.1 Å². The molecule has 0 aliphatic heterocycles. The van der Waals surface area contributed by atoms with E-state index < -0.39 is 0 Å². The molecule has 0 N–H and O–H groups in total. The lowest BCUT2D eigenvalue weighted by Crippen LogP contribution is -2.16. The minimum Gasteiger partial charge on any atom is -0.469 e. The molecule has 0 fully saturated rings. The van der Waals surface area contributed by atoms with Crippen molar-refractivity contribution >= 4 is 11.9 Å². The maximum Gasteiger partial charge on any atom is 0.305 e. The van der Waals surface area contributed by atoms with Gasteiger partial charge in [-0.3, -0.25) is 9.59 Å². The Morgan fingerprint density at radius 1 is 0.760 bits per heavy atom. The highest BCUT2D eigenvalue weighted by Crippen LogP contribution is 2.16. The molecule has 1 atom stereocenters. The van der Waals surface area contributed by atoms with Gasteiger partial charge in [0.25, 0.3) is 0 Å². The lowest BCUT2D eigenvalue weighted by Gasteiger charge is -2.17. The molecular weight excluding hydrogens is 316 g/mol. The average molecular weight is 357 g/mol. The summed E-state index contributed by atoms with van der Waals surface area (Å²) in [6.45, 7) is 3.72. The number of ether oxygens (including phenoxy) is 2. The van der Waals surface area contributed by atoms with Gasteiger partial charge >= 0.3 is 11.9 Å². The lowest BCUT2D eigenvalue weighted by atomic mass is 10.0. The van der Waals surface area contributed by atoms with E-state index in [1.165, 1.54) is 65.4 Å². The molecular formula is C21H40O4. The summed E-state index contributed by atoms with van der Waals surface area (Å²) >= 11 is 0. The first-order valence-corrected chi connectivity index (χ1v) is 10.3. The summed E-state index contributed by atoms with van der Waals surface area (Å²) in [6.07, 6.45) is 17.0. The van der Waals surface area contributed by atoms with Gasteiger partial charge < -0.3 is 9.47 Å². The van der Waals surface area contributed by atoms with Gasteiger partial charge in [-0.25, -0.2) is 0 Å². The Balaban J connectivity index is 3.53. The summed E-state index contributed by atoms with van der Waals surface area (Å²) in [7, 11) is 1.44. The predicted octanol–water partition coefficient (Wildman–Crippen LogP) is 5.96. The largest absolute Gasteiger partial charge is 0.469 e. The molecule has 0 heterocycles. The van der Waals surface area contributed by atoms with Crippen molar-refractivity contribution in [3.8, 4) is 0 Å². The fourth-order valence-corrected chi connectivity index (χ4v) is 3.10. The smallest absolute Gasteiger partial charge is 0.305 e. The van der Waals surface area contributed by atoms with E-state index in [-0.39, 0.29) is 18.0 Å². The molecule has 0 saturated carbocycles. The van der Waals surface area contributed by atoms with Crippen LogP contribution in [-0.4, -0.2) is 25.2 Å². The maximum absolute atomic E-state index is 11.2. The fraction of sp³-hybridized carbons (Fsp3) is 0.905. The van der Waals surface area contributed by atoms with E-state index in [2.05, 4.69) is 11.7 Å². The molecule has 0 saturated heterocycles. The van der Waals surface area contributed by atoms with Crippen molar-refractivity contribution in [3.63, 3.8) is 0 Å². The van der Waals surface area contributed by atoms with Crippen LogP contribution in [0.4, 0.5) is 0 Å². The maximum atomic E-state index is 11.2. The number of carbonyl (C=O) groups excluding carboxylic acids is 2. The molecule has 0 aromatic heterocycles. The van der Waals surface area contributed by atoms with Crippen LogP contribution in [0.25, 0.3) is 0 Å². The molecule has 0 aliphatic carbocycles. The van der Waals surface area contributed by atoms with Crippen molar-refractivity contribution in [1.29, 1.82) is 0 Å². The van der Waals surface area contributed by atoms with Crippen LogP contribution in [0.5, 0.6) is 0 Å². The van der Waals surface area contributed by atoms with Gasteiger partial charge in [0.05, 0.1) is 7.11 Å². The second-order valence-corrected chi connectivity index (χ2v) is 7.02. The van der Waals surface area contributed by atoms with Crippen molar-refractivity contribution in [3.05, 3.63) is 0 Å². The quantitative estimate of drug-likeness (QED) is 0.238. The molecule has 0 bridgehead atoms. The van der Waals surface area contributed by atoms with Crippen LogP contribution in [-0.2, 0) is 19.1 Å². The highest BCUT2D eigenvalue weighted by Gasteiger charge is 2.11. The number of hydrogen-bond acceptors (Lipinski definition) is 4. The molecule has 0 radical (unpaired) electrons. The molecule has 0 aromatic rings. The Bertz CT molecular complexity index is 328. The average Bonchev–Trinajstić information content (AvgIpc) is 2.59. The monoisotopic (exact) mass is 356 g/mol. The Morgan fingerprint density at radius 3 is 1.72 bits per heavy atom. The van der Waals surface area contributed by atoms with Gasteiger partial charge in [-0.15, -0.1) is 0 Å². The molecule has 4 nitrogen and oxygen atoms in total. The van der Waals surface area contributed by atoms with E-state index in [0.29, 0.717) is 6.42 Å². The lowest BCUT2D eigenvalue weighted by molar-refractivity contribution is -0.147. The van der Waals surface area contributed by atoms with Crippen molar-refractivity contribution in [1.82, 2.24) is 0 Å². The molecule has 0 rings (SSSR count). The topological polar surface area (TPSA) is 52.6 Å². The molecule has 0 spiro atoms. The summed E-state index contributed by atoms with van der Waals surface area (Å²) in [4.78, 5) is 22.2. The molecule has 148 valence electrons. The summed E-state index contributed by atoms with van der Waals surface area (Å²) in [5.41, 5.74) is 0. The third-order valence-electron chi connectivity index (χ3n) is 4.60. The third kappa shape index (κ3) is 17.6. The number of esters is 2. The van der Waals surface area contributed by atoms with E-state index in [1.54, 1.807) is 0 Å². The predicted molar refractivity (Wildman–Crippen MR) is 102 cm³/mol. The standard InChI is InChI=1S/C21H40O4/c1-4-5-6-13-16-20(25-19(2)22)17-14-11-9-7-8-10-12-15-18-21(23)24-3/h20H,4-18H2,1-3H3/t20-/m1/s1. The third-order valence-corrected chi connectivity index (χ3v) is 4.60. The number of carbonyl (C=O) groups is 2. The van der Waals surface area contributed by atoms with Gasteiger partial charge in [0, 0.05) is 13.3 Å². The van der Waals surface area contributed by atoms with Crippen LogP contribution >= 0.6 is 0 Å². The molecule has 25 heavy (non-hydrogen) atoms. The summed E-state index contributed by atoms with van der Waals surface area (Å²) in [5, 5.41) is 0. The van der Waals surface area contributed by atoms with Crippen LogP contribution < -0.4 is 0 Å². The highest BCUT2D eigenvalue weighted by atomic mass is 16.5. The van der Waals surface area contributed by atoms with Gasteiger partial charge in [-0.2, -0.15) is 0 Å². The van der Waals surface area contributed by atoms with E-state index in [9.17, 15) is 9.59 Å². The molecule has 4 heteroatoms. The first-order valence-electron chi connectivity index (χ1n) is 10.3. The van der Waals surface area contributed by atoms with E-state index in [4.69, 9.17) is 4.74 Å². The van der Waals surface area contributed by atoms with E-state index >= 15 is 0 Å². The van der Waals surface area contributed by atoms with Crippen molar-refractivity contribution in [2.24, 2.45) is 0 Å². The van der Waals surface area contributed by atoms with Crippen LogP contribution in [0.1, 0.15) is 110 Å². The van der Waals surface area contributed by atoms with Crippen LogP contribution in [0.3, 0.4) is 0 Å². The zero-order chi connectivity index (χ0) is 18.8. The Kier molecular flexibility index (Phi) is 17.0. The first-order chi connectivity index (χ1) is 12.1. The highest BCUT2D eigenvalue weighted by molar-refractivity contribution is 5.68. The number of rotatable bonds is 17. The molecule has 0 amide bonds. The van der Waals surface area contributed by atoms with Crippen molar-refractivity contribution < 1.29 is 19.1 Å². The Morgan fingerprint density at radius 2 is 1.24 bits per heavy atom. The van der Waals surface area contributed by atoms with E-state index in [1.807, 2.05) is 0 Å². The molecule has 0 aliphatic rings. The fourth-order valence-electron chi connectivity index (χ4n) is 3.10. The van der Waals surface area contributed by atoms with Gasteiger partial charge in [-0.1, -0.05) is 64.7 Å². The SMILES string of the molecule is CCCCCC[C@H](CCCCCCCCCCC(=O)OC)OC(C)=O. The Labute approximate surface area is 155 Å². The van der Waals surface area contributed by atoms with Gasteiger partial charge in [0.15, 0.2) is 0 Å². The van der Waals surface area contributed by atoms with Crippen molar-refractivity contribution in [2.75, 3.05) is 7.11 Å². The molecule has 0 unspecified atom stereocenters. The number of methoxy groups -OCH3 is 1. The normalized spacial score (nSPS) is 12.0. The minimum atomic E-state index is -0.146. The second kappa shape index (κ2) is 17.8. The van der Waals surface area contributed by atoms with Crippen LogP contribution in [0.15, 0.2) is 0 Å². The number of unbranched alkanes of at least 4 members (excludes halogenated alkanes) is 10. The molecule has 0 aromatic carbocycles. The minimum absolute atomic E-state index is 0.1000. The zero-order valence-corrected chi connectivity index (χ0v) is 16.8. The Hall–Kier alpha value is -1.06. The summed E-state index contributed by atoms with van der Waals surface area (Å²) in [5.74, 6) is -0.246. The summed E-state index contributed by atoms with van der Waals surface area (Å²) < 4.78 is 10.1. The second-order valence-electron chi connectivity index (χ2n) is 7.02.